The molecule has 1 aromatic carbocycles. The van der Waals surface area contributed by atoms with Gasteiger partial charge in [0.1, 0.15) is 16.1 Å². The van der Waals surface area contributed by atoms with Crippen LogP contribution in [-0.2, 0) is 21.6 Å². The monoisotopic (exact) mass is 450 g/mol. The maximum absolute atomic E-state index is 13.0. The molecule has 2 N–H and O–H groups in total. The first-order valence-corrected chi connectivity index (χ1v) is 11.1. The van der Waals surface area contributed by atoms with Crippen LogP contribution in [0, 0.1) is 0 Å². The van der Waals surface area contributed by atoms with E-state index in [-0.39, 0.29) is 16.6 Å². The second kappa shape index (κ2) is 6.47. The van der Waals surface area contributed by atoms with Crippen LogP contribution in [0.15, 0.2) is 35.3 Å². The summed E-state index contributed by atoms with van der Waals surface area (Å²) in [6.45, 7) is 4.59. The number of alkyl halides is 3. The summed E-state index contributed by atoms with van der Waals surface area (Å²) in [5.74, 6) is -0.318. The van der Waals surface area contributed by atoms with Gasteiger partial charge < -0.3 is 5.73 Å². The Morgan fingerprint density at radius 2 is 1.86 bits per heavy atom. The molecule has 0 spiro atoms. The largest absolute Gasteiger partial charge is 0.416 e. The third-order valence-corrected chi connectivity index (χ3v) is 9.44. The van der Waals surface area contributed by atoms with Gasteiger partial charge in [-0.2, -0.15) is 13.2 Å². The third-order valence-electron chi connectivity index (χ3n) is 4.88. The number of nitrogens with zero attached hydrogens (tertiary/aromatic N) is 1. The lowest BCUT2D eigenvalue weighted by atomic mass is 10.0. The molecule has 2 aromatic rings. The standard InChI is InChI=1S/C18H18ClF3N2O2S2/c1-16(2)15(23)24-17(3,9-28(16,25)26)14-12(19)8-13(27-14)10-5-4-6-11(7-10)18(20,21)22/h4-8H,9H2,1-3H3,(H2,23,24)/t17-/m0/s1. The molecule has 28 heavy (non-hydrogen) atoms. The summed E-state index contributed by atoms with van der Waals surface area (Å²) in [5, 5.41) is 0.242. The molecule has 0 aliphatic carbocycles. The average Bonchev–Trinajstić information content (AvgIpc) is 2.95. The number of hydrogen-bond donors (Lipinski definition) is 1. The fraction of sp³-hybridized carbons (Fsp3) is 0.389. The number of amidine groups is 1. The summed E-state index contributed by atoms with van der Waals surface area (Å²) in [6.07, 6.45) is -4.46. The summed E-state index contributed by atoms with van der Waals surface area (Å²) in [6, 6.07) is 6.41. The lowest BCUT2D eigenvalue weighted by Gasteiger charge is -2.37. The van der Waals surface area contributed by atoms with Crippen molar-refractivity contribution >= 4 is 38.6 Å². The number of sulfone groups is 1. The van der Waals surface area contributed by atoms with Gasteiger partial charge in [-0.05, 0) is 44.5 Å². The Labute approximate surface area is 170 Å². The fourth-order valence-corrected chi connectivity index (χ4v) is 6.38. The van der Waals surface area contributed by atoms with Crippen molar-refractivity contribution in [2.45, 2.75) is 37.2 Å². The van der Waals surface area contributed by atoms with Gasteiger partial charge in [-0.15, -0.1) is 11.3 Å². The van der Waals surface area contributed by atoms with Crippen LogP contribution in [0.5, 0.6) is 0 Å². The number of nitrogens with two attached hydrogens (primary N) is 1. The van der Waals surface area contributed by atoms with Gasteiger partial charge in [0.15, 0.2) is 9.84 Å². The SMILES string of the molecule is CC1(C)C(N)=N[C@](C)(c2sc(-c3cccc(C(F)(F)F)c3)cc2Cl)CS1(=O)=O. The normalized spacial score (nSPS) is 24.0. The van der Waals surface area contributed by atoms with E-state index in [1.165, 1.54) is 26.0 Å². The first-order chi connectivity index (χ1) is 12.7. The van der Waals surface area contributed by atoms with E-state index < -0.39 is 31.9 Å². The number of aliphatic imine (C=N–C) groups is 1. The molecule has 1 aromatic heterocycles. The Hall–Kier alpha value is -1.58. The molecule has 152 valence electrons. The van der Waals surface area contributed by atoms with E-state index in [0.29, 0.717) is 15.3 Å². The molecule has 0 amide bonds. The minimum atomic E-state index is -4.46. The van der Waals surface area contributed by atoms with Crippen LogP contribution in [0.4, 0.5) is 13.2 Å². The number of thiophene rings is 1. The summed E-state index contributed by atoms with van der Waals surface area (Å²) in [7, 11) is -3.62. The van der Waals surface area contributed by atoms with Crippen molar-refractivity contribution in [1.29, 1.82) is 0 Å². The van der Waals surface area contributed by atoms with E-state index in [2.05, 4.69) is 4.99 Å². The Kier molecular flexibility index (Phi) is 4.88. The highest BCUT2D eigenvalue weighted by Crippen LogP contribution is 2.46. The van der Waals surface area contributed by atoms with Gasteiger partial charge in [0, 0.05) is 4.88 Å². The van der Waals surface area contributed by atoms with Crippen LogP contribution in [0.25, 0.3) is 10.4 Å². The zero-order chi connectivity index (χ0) is 21.1. The van der Waals surface area contributed by atoms with Crippen molar-refractivity contribution < 1.29 is 21.6 Å². The topological polar surface area (TPSA) is 72.5 Å². The molecule has 0 saturated heterocycles. The van der Waals surface area contributed by atoms with Crippen LogP contribution in [0.3, 0.4) is 0 Å². The van der Waals surface area contributed by atoms with Crippen LogP contribution in [0.1, 0.15) is 31.2 Å². The summed E-state index contributed by atoms with van der Waals surface area (Å²) >= 11 is 7.46. The molecule has 10 heteroatoms. The smallest absolute Gasteiger partial charge is 0.386 e. The van der Waals surface area contributed by atoms with E-state index in [1.54, 1.807) is 13.0 Å². The molecule has 1 atom stereocenters. The van der Waals surface area contributed by atoms with Crippen molar-refractivity contribution in [2.75, 3.05) is 5.75 Å². The van der Waals surface area contributed by atoms with Crippen molar-refractivity contribution in [1.82, 2.24) is 0 Å². The predicted octanol–water partition coefficient (Wildman–Crippen LogP) is 4.87. The molecule has 4 nitrogen and oxygen atoms in total. The lowest BCUT2D eigenvalue weighted by Crippen LogP contribution is -2.54. The first-order valence-electron chi connectivity index (χ1n) is 8.23. The Balaban J connectivity index is 2.10. The van der Waals surface area contributed by atoms with Gasteiger partial charge in [-0.1, -0.05) is 23.7 Å². The van der Waals surface area contributed by atoms with Gasteiger partial charge in [0.25, 0.3) is 0 Å². The van der Waals surface area contributed by atoms with E-state index in [9.17, 15) is 21.6 Å². The second-order valence-corrected chi connectivity index (χ2v) is 11.4. The predicted molar refractivity (Wildman–Crippen MR) is 107 cm³/mol. The highest BCUT2D eigenvalue weighted by atomic mass is 35.5. The Morgan fingerprint density at radius 3 is 2.43 bits per heavy atom. The van der Waals surface area contributed by atoms with Gasteiger partial charge in [-0.3, -0.25) is 4.99 Å². The van der Waals surface area contributed by atoms with Crippen LogP contribution in [0.2, 0.25) is 5.02 Å². The zero-order valence-electron chi connectivity index (χ0n) is 15.3. The molecular formula is C18H18ClF3N2O2S2. The number of rotatable bonds is 2. The van der Waals surface area contributed by atoms with Gasteiger partial charge >= 0.3 is 6.18 Å². The van der Waals surface area contributed by atoms with Crippen molar-refractivity contribution in [3.05, 3.63) is 45.8 Å². The van der Waals surface area contributed by atoms with Gasteiger partial charge in [0.05, 0.1) is 21.2 Å². The molecular weight excluding hydrogens is 433 g/mol. The molecule has 0 unspecified atom stereocenters. The second-order valence-electron chi connectivity index (χ2n) is 7.41. The quantitative estimate of drug-likeness (QED) is 0.709. The number of benzene rings is 1. The highest BCUT2D eigenvalue weighted by molar-refractivity contribution is 7.93. The first kappa shape index (κ1) is 21.1. The van der Waals surface area contributed by atoms with Gasteiger partial charge in [-0.25, -0.2) is 8.42 Å². The summed E-state index contributed by atoms with van der Waals surface area (Å²) in [5.41, 5.74) is 4.30. The maximum Gasteiger partial charge on any atom is 0.416 e. The minimum absolute atomic E-state index is 0.0219. The van der Waals surface area contributed by atoms with Gasteiger partial charge in [0.2, 0.25) is 0 Å². The highest BCUT2D eigenvalue weighted by Gasteiger charge is 2.49. The molecule has 0 fully saturated rings. The van der Waals surface area contributed by atoms with E-state index in [0.717, 1.165) is 23.5 Å². The van der Waals surface area contributed by atoms with E-state index in [4.69, 9.17) is 17.3 Å². The Bertz CT molecular complexity index is 1070. The molecule has 3 rings (SSSR count). The molecule has 0 radical (unpaired) electrons. The zero-order valence-corrected chi connectivity index (χ0v) is 17.7. The summed E-state index contributed by atoms with van der Waals surface area (Å²) in [4.78, 5) is 5.36. The lowest BCUT2D eigenvalue weighted by molar-refractivity contribution is -0.137. The molecule has 0 saturated carbocycles. The van der Waals surface area contributed by atoms with Crippen LogP contribution < -0.4 is 5.73 Å². The van der Waals surface area contributed by atoms with E-state index >= 15 is 0 Å². The molecule has 2 heterocycles. The average molecular weight is 451 g/mol. The van der Waals surface area contributed by atoms with E-state index in [1.807, 2.05) is 0 Å². The van der Waals surface area contributed by atoms with Crippen molar-refractivity contribution in [2.24, 2.45) is 10.7 Å². The number of halogens is 4. The molecule has 1 aliphatic rings. The van der Waals surface area contributed by atoms with Crippen LogP contribution in [-0.4, -0.2) is 24.8 Å². The van der Waals surface area contributed by atoms with Crippen LogP contribution >= 0.6 is 22.9 Å². The summed E-state index contributed by atoms with van der Waals surface area (Å²) < 4.78 is 63.2. The fourth-order valence-electron chi connectivity index (χ4n) is 2.99. The minimum Gasteiger partial charge on any atom is -0.386 e. The third kappa shape index (κ3) is 3.44. The molecule has 1 aliphatic heterocycles. The maximum atomic E-state index is 13.0. The number of hydrogen-bond acceptors (Lipinski definition) is 5. The van der Waals surface area contributed by atoms with Crippen molar-refractivity contribution in [3.8, 4) is 10.4 Å². The Morgan fingerprint density at radius 1 is 1.21 bits per heavy atom. The molecule has 0 bridgehead atoms. The van der Waals surface area contributed by atoms with Crippen molar-refractivity contribution in [3.63, 3.8) is 0 Å².